The smallest absolute Gasteiger partial charge is 0.254 e. The molecule has 0 fully saturated rings. The van der Waals surface area contributed by atoms with Crippen LogP contribution in [0.4, 0.5) is 0 Å². The maximum Gasteiger partial charge on any atom is 0.254 e. The number of amides is 2. The lowest BCUT2D eigenvalue weighted by Crippen LogP contribution is -2.50. The first-order chi connectivity index (χ1) is 14.6. The van der Waals surface area contributed by atoms with Crippen LogP contribution in [0.1, 0.15) is 50.1 Å². The Morgan fingerprint density at radius 1 is 0.967 bits per heavy atom. The number of rotatable bonds is 3. The Morgan fingerprint density at radius 2 is 1.67 bits per heavy atom. The van der Waals surface area contributed by atoms with E-state index in [1.807, 2.05) is 60.4 Å². The molecule has 5 rings (SSSR count). The second-order valence-electron chi connectivity index (χ2n) is 8.16. The molecule has 0 spiro atoms. The van der Waals surface area contributed by atoms with E-state index in [2.05, 4.69) is 29.6 Å². The number of aryl methyl sites for hydroxylation is 1. The number of hydrogen-bond acceptors (Lipinski definition) is 2. The molecular formula is C26H24N2O2. The van der Waals surface area contributed by atoms with Gasteiger partial charge in [0.1, 0.15) is 0 Å². The quantitative estimate of drug-likeness (QED) is 0.723. The maximum absolute atomic E-state index is 13.5. The van der Waals surface area contributed by atoms with Crippen molar-refractivity contribution in [3.63, 3.8) is 0 Å². The minimum absolute atomic E-state index is 0.0210. The molecule has 4 heteroatoms. The van der Waals surface area contributed by atoms with Crippen LogP contribution >= 0.6 is 0 Å². The van der Waals surface area contributed by atoms with Gasteiger partial charge in [-0.3, -0.25) is 9.59 Å². The van der Waals surface area contributed by atoms with Gasteiger partial charge in [-0.25, -0.2) is 0 Å². The van der Waals surface area contributed by atoms with Gasteiger partial charge in [-0.15, -0.1) is 0 Å². The standard InChI is InChI=1S/C26H24N2O2/c1-17-10-12-18(13-11-17)16-27-25(29)23-21-8-4-5-9-22(21)26(30)28-15-14-19-6-2-3-7-20(19)24(23)28/h2-13,23-24H,14-16H2,1H3,(H,27,29)/t23-,24+/m1/s1. The van der Waals surface area contributed by atoms with E-state index in [9.17, 15) is 9.59 Å². The van der Waals surface area contributed by atoms with Crippen LogP contribution in [0.3, 0.4) is 0 Å². The Kier molecular flexibility index (Phi) is 4.62. The highest BCUT2D eigenvalue weighted by Gasteiger charge is 2.45. The highest BCUT2D eigenvalue weighted by Crippen LogP contribution is 2.45. The van der Waals surface area contributed by atoms with E-state index < -0.39 is 5.92 Å². The molecule has 0 bridgehead atoms. The molecule has 0 saturated carbocycles. The fourth-order valence-corrected chi connectivity index (χ4v) is 4.76. The van der Waals surface area contributed by atoms with Crippen LogP contribution in [-0.2, 0) is 17.8 Å². The van der Waals surface area contributed by atoms with E-state index in [1.165, 1.54) is 11.1 Å². The average molecular weight is 396 g/mol. The second-order valence-corrected chi connectivity index (χ2v) is 8.16. The van der Waals surface area contributed by atoms with Crippen molar-refractivity contribution in [2.24, 2.45) is 0 Å². The normalized spacial score (nSPS) is 19.5. The molecule has 2 aliphatic heterocycles. The fourth-order valence-electron chi connectivity index (χ4n) is 4.76. The molecule has 0 saturated heterocycles. The van der Waals surface area contributed by atoms with E-state index in [-0.39, 0.29) is 17.9 Å². The third-order valence-corrected chi connectivity index (χ3v) is 6.30. The van der Waals surface area contributed by atoms with Crippen molar-refractivity contribution in [1.82, 2.24) is 10.2 Å². The summed E-state index contributed by atoms with van der Waals surface area (Å²) in [6.07, 6.45) is 0.818. The molecule has 0 aromatic heterocycles. The van der Waals surface area contributed by atoms with Crippen LogP contribution in [0.25, 0.3) is 0 Å². The van der Waals surface area contributed by atoms with Crippen molar-refractivity contribution in [2.45, 2.75) is 31.8 Å². The molecule has 2 amide bonds. The van der Waals surface area contributed by atoms with Gasteiger partial charge < -0.3 is 10.2 Å². The van der Waals surface area contributed by atoms with Gasteiger partial charge >= 0.3 is 0 Å². The first kappa shape index (κ1) is 18.6. The van der Waals surface area contributed by atoms with E-state index in [0.717, 1.165) is 23.1 Å². The third-order valence-electron chi connectivity index (χ3n) is 6.30. The number of benzene rings is 3. The van der Waals surface area contributed by atoms with Gasteiger partial charge in [-0.05, 0) is 41.7 Å². The van der Waals surface area contributed by atoms with Crippen LogP contribution in [0, 0.1) is 6.92 Å². The zero-order valence-corrected chi connectivity index (χ0v) is 17.0. The number of hydrogen-bond donors (Lipinski definition) is 1. The largest absolute Gasteiger partial charge is 0.351 e. The Morgan fingerprint density at radius 3 is 2.47 bits per heavy atom. The lowest BCUT2D eigenvalue weighted by molar-refractivity contribution is -0.124. The predicted molar refractivity (Wildman–Crippen MR) is 116 cm³/mol. The Labute approximate surface area is 176 Å². The van der Waals surface area contributed by atoms with Gasteiger partial charge in [-0.2, -0.15) is 0 Å². The molecule has 2 heterocycles. The van der Waals surface area contributed by atoms with Crippen molar-refractivity contribution < 1.29 is 9.59 Å². The first-order valence-corrected chi connectivity index (χ1v) is 10.4. The van der Waals surface area contributed by atoms with Gasteiger partial charge in [0.15, 0.2) is 0 Å². The fraction of sp³-hybridized carbons (Fsp3) is 0.231. The van der Waals surface area contributed by atoms with Crippen molar-refractivity contribution in [3.05, 3.63) is 106 Å². The monoisotopic (exact) mass is 396 g/mol. The highest BCUT2D eigenvalue weighted by atomic mass is 16.2. The Bertz CT molecular complexity index is 1120. The van der Waals surface area contributed by atoms with Gasteiger partial charge in [-0.1, -0.05) is 72.3 Å². The minimum atomic E-state index is -0.425. The molecule has 1 N–H and O–H groups in total. The van der Waals surface area contributed by atoms with Gasteiger partial charge in [0.25, 0.3) is 5.91 Å². The minimum Gasteiger partial charge on any atom is -0.351 e. The molecule has 3 aromatic rings. The van der Waals surface area contributed by atoms with Crippen LogP contribution in [0.15, 0.2) is 72.8 Å². The topological polar surface area (TPSA) is 49.4 Å². The Balaban J connectivity index is 1.53. The third kappa shape index (κ3) is 3.09. The lowest BCUT2D eigenvalue weighted by atomic mass is 9.76. The van der Waals surface area contributed by atoms with E-state index in [1.54, 1.807) is 0 Å². The number of fused-ring (bicyclic) bond motifs is 4. The van der Waals surface area contributed by atoms with Gasteiger partial charge in [0, 0.05) is 18.7 Å². The molecule has 0 radical (unpaired) electrons. The molecule has 150 valence electrons. The summed E-state index contributed by atoms with van der Waals surface area (Å²) in [5.74, 6) is -0.444. The summed E-state index contributed by atoms with van der Waals surface area (Å²) in [7, 11) is 0. The van der Waals surface area contributed by atoms with Crippen LogP contribution in [0.2, 0.25) is 0 Å². The molecule has 2 atom stereocenters. The van der Waals surface area contributed by atoms with Gasteiger partial charge in [0.2, 0.25) is 5.91 Å². The second kappa shape index (κ2) is 7.45. The number of carbonyl (C=O) groups is 2. The van der Waals surface area contributed by atoms with Crippen LogP contribution < -0.4 is 5.32 Å². The molecule has 0 aliphatic carbocycles. The summed E-state index contributed by atoms with van der Waals surface area (Å²) in [6, 6.07) is 23.7. The van der Waals surface area contributed by atoms with E-state index in [4.69, 9.17) is 0 Å². The lowest BCUT2D eigenvalue weighted by Gasteiger charge is -2.45. The summed E-state index contributed by atoms with van der Waals surface area (Å²) in [4.78, 5) is 28.6. The zero-order chi connectivity index (χ0) is 20.7. The van der Waals surface area contributed by atoms with E-state index >= 15 is 0 Å². The highest BCUT2D eigenvalue weighted by molar-refractivity contribution is 6.01. The zero-order valence-electron chi connectivity index (χ0n) is 17.0. The van der Waals surface area contributed by atoms with Crippen molar-refractivity contribution >= 4 is 11.8 Å². The molecule has 0 unspecified atom stereocenters. The SMILES string of the molecule is Cc1ccc(CNC(=O)[C@@H]2c3ccccc3C(=O)N3CCc4ccccc4[C@@H]23)cc1. The Hall–Kier alpha value is -3.40. The number of nitrogens with zero attached hydrogens (tertiary/aromatic N) is 1. The average Bonchev–Trinajstić information content (AvgIpc) is 2.79. The van der Waals surface area contributed by atoms with Crippen LogP contribution in [0.5, 0.6) is 0 Å². The summed E-state index contributed by atoms with van der Waals surface area (Å²) in [6.45, 7) is 3.16. The number of nitrogens with one attached hydrogen (secondary N) is 1. The molecule has 30 heavy (non-hydrogen) atoms. The van der Waals surface area contributed by atoms with E-state index in [0.29, 0.717) is 18.7 Å². The van der Waals surface area contributed by atoms with Gasteiger partial charge in [0.05, 0.1) is 12.0 Å². The predicted octanol–water partition coefficient (Wildman–Crippen LogP) is 4.15. The van der Waals surface area contributed by atoms with Crippen molar-refractivity contribution in [3.8, 4) is 0 Å². The summed E-state index contributed by atoms with van der Waals surface area (Å²) in [5.41, 5.74) is 6.03. The van der Waals surface area contributed by atoms with Crippen molar-refractivity contribution in [1.29, 1.82) is 0 Å². The van der Waals surface area contributed by atoms with Crippen molar-refractivity contribution in [2.75, 3.05) is 6.54 Å². The number of carbonyl (C=O) groups excluding carboxylic acids is 2. The molecule has 3 aromatic carbocycles. The molecule has 2 aliphatic rings. The molecule has 4 nitrogen and oxygen atoms in total. The molecular weight excluding hydrogens is 372 g/mol. The van der Waals surface area contributed by atoms with Crippen LogP contribution in [-0.4, -0.2) is 23.3 Å². The first-order valence-electron chi connectivity index (χ1n) is 10.4. The summed E-state index contributed by atoms with van der Waals surface area (Å²) in [5, 5.41) is 3.13. The summed E-state index contributed by atoms with van der Waals surface area (Å²) >= 11 is 0. The maximum atomic E-state index is 13.5. The summed E-state index contributed by atoms with van der Waals surface area (Å²) < 4.78 is 0.